The summed E-state index contributed by atoms with van der Waals surface area (Å²) >= 11 is 0. The van der Waals surface area contributed by atoms with Crippen molar-refractivity contribution in [3.05, 3.63) is 191 Å². The molecule has 0 atom stereocenters. The maximum atomic E-state index is 2.62. The van der Waals surface area contributed by atoms with Gasteiger partial charge in [-0.1, -0.05) is 134 Å². The standard InChI is InChI=1S/C55H56N2Si2/c1-37-11-21-45(22-12-37)56(46-23-13-38(2)14-24-46)49-29-19-41-33-51-52-34-42-20-30-50(57(47-25-15-39(3)16-26-47)48-27-17-40(4)18-28-48)32-44(42)36-54(52)55(58(5,6)7,59(8,9)10)53(51)35-43(41)31-49/h11-36H,1-10H3. The van der Waals surface area contributed by atoms with Crippen LogP contribution in [0.1, 0.15) is 33.4 Å². The molecule has 8 aromatic carbocycles. The van der Waals surface area contributed by atoms with Gasteiger partial charge in [0.25, 0.3) is 0 Å². The summed E-state index contributed by atoms with van der Waals surface area (Å²) < 4.78 is 0.000256. The zero-order chi connectivity index (χ0) is 41.4. The molecule has 0 amide bonds. The third-order valence-electron chi connectivity index (χ3n) is 13.0. The zero-order valence-electron chi connectivity index (χ0n) is 36.4. The molecule has 9 rings (SSSR count). The van der Waals surface area contributed by atoms with E-state index in [4.69, 9.17) is 0 Å². The fraction of sp³-hybridized carbons (Fsp3) is 0.200. The Morgan fingerprint density at radius 1 is 0.305 bits per heavy atom. The van der Waals surface area contributed by atoms with Gasteiger partial charge in [0, 0.05) is 38.8 Å². The fourth-order valence-corrected chi connectivity index (χ4v) is 23.5. The average molecular weight is 801 g/mol. The summed E-state index contributed by atoms with van der Waals surface area (Å²) in [5.74, 6) is 0. The molecule has 294 valence electrons. The molecule has 0 saturated heterocycles. The predicted octanol–water partition coefficient (Wildman–Crippen LogP) is 16.2. The van der Waals surface area contributed by atoms with Crippen molar-refractivity contribution in [2.75, 3.05) is 9.80 Å². The molecular weight excluding hydrogens is 745 g/mol. The summed E-state index contributed by atoms with van der Waals surface area (Å²) in [6, 6.07) is 60.2. The third-order valence-corrected chi connectivity index (χ3v) is 23.0. The molecule has 0 saturated carbocycles. The smallest absolute Gasteiger partial charge is 0.0579 e. The van der Waals surface area contributed by atoms with Crippen LogP contribution in [0, 0.1) is 27.7 Å². The Hall–Kier alpha value is -5.69. The van der Waals surface area contributed by atoms with Crippen LogP contribution in [0.3, 0.4) is 0 Å². The number of benzene rings is 8. The maximum Gasteiger partial charge on any atom is 0.0579 e. The van der Waals surface area contributed by atoms with Crippen molar-refractivity contribution >= 4 is 71.8 Å². The number of rotatable bonds is 8. The van der Waals surface area contributed by atoms with Gasteiger partial charge in [-0.15, -0.1) is 0 Å². The molecule has 2 nitrogen and oxygen atoms in total. The van der Waals surface area contributed by atoms with E-state index in [9.17, 15) is 0 Å². The summed E-state index contributed by atoms with van der Waals surface area (Å²) in [5.41, 5.74) is 18.0. The molecule has 0 aromatic heterocycles. The largest absolute Gasteiger partial charge is 0.310 e. The number of hydrogen-bond donors (Lipinski definition) is 0. The summed E-state index contributed by atoms with van der Waals surface area (Å²) in [6.45, 7) is 24.4. The Morgan fingerprint density at radius 3 is 0.847 bits per heavy atom. The lowest BCUT2D eigenvalue weighted by Gasteiger charge is -2.51. The van der Waals surface area contributed by atoms with Crippen LogP contribution in [0.5, 0.6) is 0 Å². The minimum absolute atomic E-state index is 0.000256. The second-order valence-corrected chi connectivity index (χ2v) is 30.1. The van der Waals surface area contributed by atoms with Gasteiger partial charge in [-0.3, -0.25) is 0 Å². The number of fused-ring (bicyclic) bond motifs is 5. The SMILES string of the molecule is Cc1ccc(N(c2ccc(C)cc2)c2ccc3cc4c(cc3c2)C([Si](C)(C)C)([Si](C)(C)C)c2cc3cc(N(c5ccc(C)cc5)c5ccc(C)cc5)ccc3cc2-4)cc1. The van der Waals surface area contributed by atoms with Crippen LogP contribution in [-0.4, -0.2) is 16.1 Å². The number of anilines is 6. The normalized spacial score (nSPS) is 13.4. The van der Waals surface area contributed by atoms with Gasteiger partial charge >= 0.3 is 0 Å². The van der Waals surface area contributed by atoms with E-state index in [0.29, 0.717) is 0 Å². The lowest BCUT2D eigenvalue weighted by Crippen LogP contribution is -2.63. The number of aryl methyl sites for hydroxylation is 4. The van der Waals surface area contributed by atoms with Crippen molar-refractivity contribution in [3.8, 4) is 11.1 Å². The van der Waals surface area contributed by atoms with Gasteiger partial charge < -0.3 is 9.80 Å². The molecule has 0 heterocycles. The highest BCUT2D eigenvalue weighted by atomic mass is 28.4. The van der Waals surface area contributed by atoms with Crippen LogP contribution in [0.2, 0.25) is 39.3 Å². The Balaban J connectivity index is 1.24. The summed E-state index contributed by atoms with van der Waals surface area (Å²) in [4.78, 5) is 4.82. The van der Waals surface area contributed by atoms with E-state index in [1.807, 2.05) is 0 Å². The van der Waals surface area contributed by atoms with Crippen LogP contribution >= 0.6 is 0 Å². The Bertz CT molecular complexity index is 2570. The van der Waals surface area contributed by atoms with Crippen molar-refractivity contribution in [3.63, 3.8) is 0 Å². The number of nitrogens with zero attached hydrogens (tertiary/aromatic N) is 2. The fourth-order valence-electron chi connectivity index (χ4n) is 10.5. The van der Waals surface area contributed by atoms with Crippen LogP contribution < -0.4 is 9.80 Å². The molecule has 1 aliphatic rings. The molecule has 0 unspecified atom stereocenters. The van der Waals surface area contributed by atoms with Gasteiger partial charge in [-0.25, -0.2) is 0 Å². The average Bonchev–Trinajstić information content (AvgIpc) is 3.48. The summed E-state index contributed by atoms with van der Waals surface area (Å²) in [5, 5.41) is 5.18. The topological polar surface area (TPSA) is 6.48 Å². The van der Waals surface area contributed by atoms with E-state index in [1.165, 1.54) is 89.0 Å². The first-order valence-corrected chi connectivity index (χ1v) is 28.2. The van der Waals surface area contributed by atoms with Gasteiger partial charge in [-0.2, -0.15) is 0 Å². The molecule has 0 radical (unpaired) electrons. The van der Waals surface area contributed by atoms with E-state index in [1.54, 1.807) is 11.1 Å². The highest BCUT2D eigenvalue weighted by Gasteiger charge is 2.59. The quantitative estimate of drug-likeness (QED) is 0.141. The van der Waals surface area contributed by atoms with Crippen molar-refractivity contribution in [2.45, 2.75) is 71.6 Å². The Labute approximate surface area is 353 Å². The zero-order valence-corrected chi connectivity index (χ0v) is 38.4. The predicted molar refractivity (Wildman–Crippen MR) is 263 cm³/mol. The molecular formula is C55H56N2Si2. The van der Waals surface area contributed by atoms with Crippen molar-refractivity contribution < 1.29 is 0 Å². The van der Waals surface area contributed by atoms with Crippen LogP contribution in [0.25, 0.3) is 32.7 Å². The van der Waals surface area contributed by atoms with Crippen LogP contribution in [0.4, 0.5) is 34.1 Å². The van der Waals surface area contributed by atoms with E-state index in [-0.39, 0.29) is 4.66 Å². The molecule has 59 heavy (non-hydrogen) atoms. The van der Waals surface area contributed by atoms with Crippen molar-refractivity contribution in [2.24, 2.45) is 0 Å². The summed E-state index contributed by atoms with van der Waals surface area (Å²) in [7, 11) is -3.90. The molecule has 0 spiro atoms. The first-order valence-electron chi connectivity index (χ1n) is 21.2. The molecule has 0 aliphatic heterocycles. The first-order chi connectivity index (χ1) is 28.1. The van der Waals surface area contributed by atoms with Crippen molar-refractivity contribution in [1.29, 1.82) is 0 Å². The van der Waals surface area contributed by atoms with Gasteiger partial charge in [0.2, 0.25) is 0 Å². The van der Waals surface area contributed by atoms with Gasteiger partial charge in [0.1, 0.15) is 0 Å². The second kappa shape index (κ2) is 14.3. The minimum Gasteiger partial charge on any atom is -0.310 e. The highest BCUT2D eigenvalue weighted by molar-refractivity contribution is 6.99. The van der Waals surface area contributed by atoms with E-state index in [0.717, 1.165) is 0 Å². The lowest BCUT2D eigenvalue weighted by atomic mass is 9.98. The van der Waals surface area contributed by atoms with Crippen LogP contribution in [-0.2, 0) is 4.66 Å². The van der Waals surface area contributed by atoms with E-state index in [2.05, 4.69) is 235 Å². The van der Waals surface area contributed by atoms with E-state index >= 15 is 0 Å². The monoisotopic (exact) mass is 800 g/mol. The molecule has 0 N–H and O–H groups in total. The lowest BCUT2D eigenvalue weighted by molar-refractivity contribution is 0.956. The van der Waals surface area contributed by atoms with Gasteiger partial charge in [0.15, 0.2) is 0 Å². The molecule has 4 heteroatoms. The van der Waals surface area contributed by atoms with Gasteiger partial charge in [-0.05, 0) is 156 Å². The van der Waals surface area contributed by atoms with Crippen molar-refractivity contribution in [1.82, 2.24) is 0 Å². The van der Waals surface area contributed by atoms with Gasteiger partial charge in [0.05, 0.1) is 16.1 Å². The third kappa shape index (κ3) is 6.54. The summed E-state index contributed by atoms with van der Waals surface area (Å²) in [6.07, 6.45) is 0. The molecule has 1 aliphatic carbocycles. The van der Waals surface area contributed by atoms with Crippen LogP contribution in [0.15, 0.2) is 158 Å². The van der Waals surface area contributed by atoms with E-state index < -0.39 is 16.1 Å². The highest BCUT2D eigenvalue weighted by Crippen LogP contribution is 2.59. The Morgan fingerprint density at radius 2 is 0.576 bits per heavy atom. The maximum absolute atomic E-state index is 2.62. The molecule has 8 aromatic rings. The Kier molecular flexibility index (Phi) is 9.37. The second-order valence-electron chi connectivity index (χ2n) is 19.1. The first kappa shape index (κ1) is 38.8. The molecule has 0 bridgehead atoms. The minimum atomic E-state index is -1.95. The molecule has 0 fully saturated rings. The number of hydrogen-bond acceptors (Lipinski definition) is 2.